The lowest BCUT2D eigenvalue weighted by Crippen LogP contribution is -2.09. The smallest absolute Gasteiger partial charge is 0.337 e. The van der Waals surface area contributed by atoms with Crippen LogP contribution in [0.5, 0.6) is 0 Å². The minimum absolute atomic E-state index is 0.117. The lowest BCUT2D eigenvalue weighted by atomic mass is 9.99. The van der Waals surface area contributed by atoms with Gasteiger partial charge in [0.1, 0.15) is 0 Å². The largest absolute Gasteiger partial charge is 0.478 e. The molecule has 0 unspecified atom stereocenters. The van der Waals surface area contributed by atoms with E-state index in [0.29, 0.717) is 5.39 Å². The Hall–Kier alpha value is -1.63. The minimum Gasteiger partial charge on any atom is -0.478 e. The average Bonchev–Trinajstić information content (AvgIpc) is 2.35. The Kier molecular flexibility index (Phi) is 3.51. The highest BCUT2D eigenvalue weighted by Gasteiger charge is 2.21. The van der Waals surface area contributed by atoms with Gasteiger partial charge in [-0.2, -0.15) is 0 Å². The summed E-state index contributed by atoms with van der Waals surface area (Å²) in [7, 11) is 0. The van der Waals surface area contributed by atoms with Crippen LogP contribution >= 0.6 is 21.2 Å². The number of rotatable bonds is 3. The van der Waals surface area contributed by atoms with Crippen molar-refractivity contribution in [2.45, 2.75) is 6.92 Å². The molecule has 2 aromatic carbocycles. The number of Topliss-reactive ketones (excluding diaryl/α,β-unsaturated/α-hetero) is 1. The molecule has 0 aliphatic heterocycles. The third-order valence-corrected chi connectivity index (χ3v) is 4.22. The number of hydrogen-bond donors (Lipinski definition) is 1. The summed E-state index contributed by atoms with van der Waals surface area (Å²) in [6.45, 7) is 1.31. The maximum absolute atomic E-state index is 11.5. The molecule has 0 saturated heterocycles. The van der Waals surface area contributed by atoms with E-state index in [1.54, 1.807) is 30.3 Å². The first-order chi connectivity index (χ1) is 8.56. The van der Waals surface area contributed by atoms with Crippen LogP contribution in [0.4, 0.5) is 0 Å². The van der Waals surface area contributed by atoms with Gasteiger partial charge < -0.3 is 5.11 Å². The number of carboxylic acid groups (broad SMARTS) is 1. The van der Waals surface area contributed by atoms with Crippen LogP contribution in [0, 0.1) is 3.57 Å². The van der Waals surface area contributed by atoms with Crippen molar-refractivity contribution in [1.82, 2.24) is 0 Å². The summed E-state index contributed by atoms with van der Waals surface area (Å²) >= 11 is -1.67. The van der Waals surface area contributed by atoms with E-state index in [9.17, 15) is 17.8 Å². The molecule has 0 heterocycles. The second-order valence-electron chi connectivity index (χ2n) is 3.77. The van der Waals surface area contributed by atoms with Crippen molar-refractivity contribution in [2.75, 3.05) is 0 Å². The van der Waals surface area contributed by atoms with Gasteiger partial charge in [0, 0.05) is 5.56 Å². The van der Waals surface area contributed by atoms with Crippen molar-refractivity contribution in [2.24, 2.45) is 0 Å². The number of ketones is 1. The molecular formula is C13H9IO4. The van der Waals surface area contributed by atoms with Crippen LogP contribution in [0.15, 0.2) is 30.3 Å². The van der Waals surface area contributed by atoms with Gasteiger partial charge in [0.15, 0.2) is 27.0 Å². The number of hydrogen-bond acceptors (Lipinski definition) is 3. The maximum Gasteiger partial charge on any atom is 0.337 e. The molecule has 0 aromatic heterocycles. The van der Waals surface area contributed by atoms with Crippen molar-refractivity contribution in [3.8, 4) is 0 Å². The molecule has 0 fully saturated rings. The molecular weight excluding hydrogens is 347 g/mol. The van der Waals surface area contributed by atoms with Gasteiger partial charge >= 0.3 is 5.97 Å². The van der Waals surface area contributed by atoms with Crippen LogP contribution in [0.2, 0.25) is 0 Å². The van der Waals surface area contributed by atoms with E-state index in [4.69, 9.17) is 0 Å². The highest BCUT2D eigenvalue weighted by Crippen LogP contribution is 2.30. The molecule has 2 aromatic rings. The summed E-state index contributed by atoms with van der Waals surface area (Å²) in [6.07, 6.45) is 0. The monoisotopic (exact) mass is 356 g/mol. The standard InChI is InChI=1S/C13H9IO4/c1-7(15)10-6-8-4-2-3-5-9(8)12(14-18)11(10)13(16)17/h2-6H,1H3,(H,16,17). The second kappa shape index (κ2) is 4.93. The van der Waals surface area contributed by atoms with Gasteiger partial charge in [-0.1, -0.05) is 24.3 Å². The van der Waals surface area contributed by atoms with Crippen LogP contribution in [-0.4, -0.2) is 16.9 Å². The molecule has 5 heteroatoms. The first-order valence-corrected chi connectivity index (χ1v) is 7.09. The Bertz CT molecular complexity index is 676. The molecule has 0 bridgehead atoms. The Labute approximate surface area is 113 Å². The van der Waals surface area contributed by atoms with Crippen molar-refractivity contribution < 1.29 is 17.8 Å². The zero-order valence-corrected chi connectivity index (χ0v) is 11.6. The van der Waals surface area contributed by atoms with Gasteiger partial charge in [-0.25, -0.2) is 4.79 Å². The lowest BCUT2D eigenvalue weighted by molar-refractivity contribution is 0.0691. The predicted octanol–water partition coefficient (Wildman–Crippen LogP) is 3.23. The lowest BCUT2D eigenvalue weighted by Gasteiger charge is -2.08. The Balaban J connectivity index is 3.00. The van der Waals surface area contributed by atoms with E-state index in [0.717, 1.165) is 5.39 Å². The average molecular weight is 356 g/mol. The first-order valence-electron chi connectivity index (χ1n) is 5.13. The molecule has 0 spiro atoms. The summed E-state index contributed by atoms with van der Waals surface area (Å²) in [5.74, 6) is -1.55. The van der Waals surface area contributed by atoms with E-state index >= 15 is 0 Å². The number of aromatic carboxylic acids is 1. The molecule has 0 atom stereocenters. The molecule has 1 N–H and O–H groups in total. The molecule has 0 aliphatic carbocycles. The van der Waals surface area contributed by atoms with Crippen LogP contribution in [0.1, 0.15) is 27.6 Å². The van der Waals surface area contributed by atoms with Crippen LogP contribution in [0.25, 0.3) is 10.8 Å². The molecule has 0 aliphatic rings. The molecule has 2 rings (SSSR count). The zero-order valence-electron chi connectivity index (χ0n) is 9.44. The van der Waals surface area contributed by atoms with E-state index < -0.39 is 27.2 Å². The Morgan fingerprint density at radius 3 is 2.44 bits per heavy atom. The van der Waals surface area contributed by atoms with Crippen LogP contribution in [-0.2, 0) is 3.07 Å². The molecule has 0 saturated carbocycles. The van der Waals surface area contributed by atoms with Crippen LogP contribution < -0.4 is 0 Å². The van der Waals surface area contributed by atoms with E-state index in [2.05, 4.69) is 0 Å². The summed E-state index contributed by atoms with van der Waals surface area (Å²) < 4.78 is 11.7. The maximum atomic E-state index is 11.5. The fraction of sp³-hybridized carbons (Fsp3) is 0.0769. The van der Waals surface area contributed by atoms with Crippen molar-refractivity contribution in [3.05, 3.63) is 45.0 Å². The third kappa shape index (κ3) is 2.05. The zero-order chi connectivity index (χ0) is 13.3. The number of carboxylic acids is 1. The second-order valence-corrected chi connectivity index (χ2v) is 5.29. The van der Waals surface area contributed by atoms with E-state index in [1.807, 2.05) is 0 Å². The summed E-state index contributed by atoms with van der Waals surface area (Å²) in [5, 5.41) is 10.6. The highest BCUT2D eigenvalue weighted by molar-refractivity contribution is 14.1. The van der Waals surface area contributed by atoms with E-state index in [1.165, 1.54) is 6.92 Å². The van der Waals surface area contributed by atoms with Gasteiger partial charge in [0.05, 0.1) is 9.13 Å². The molecule has 4 nitrogen and oxygen atoms in total. The Morgan fingerprint density at radius 2 is 1.89 bits per heavy atom. The summed E-state index contributed by atoms with van der Waals surface area (Å²) in [5.41, 5.74) is -0.00394. The fourth-order valence-corrected chi connectivity index (χ4v) is 3.34. The van der Waals surface area contributed by atoms with Crippen molar-refractivity contribution in [3.63, 3.8) is 0 Å². The van der Waals surface area contributed by atoms with E-state index in [-0.39, 0.29) is 20.5 Å². The van der Waals surface area contributed by atoms with Gasteiger partial charge in [0.2, 0.25) is 0 Å². The number of carbonyl (C=O) groups excluding carboxylic acids is 1. The van der Waals surface area contributed by atoms with Gasteiger partial charge in [0.25, 0.3) is 0 Å². The molecule has 92 valence electrons. The topological polar surface area (TPSA) is 71.4 Å². The molecule has 0 amide bonds. The van der Waals surface area contributed by atoms with Gasteiger partial charge in [-0.05, 0) is 23.8 Å². The predicted molar refractivity (Wildman–Crippen MR) is 74.3 cm³/mol. The third-order valence-electron chi connectivity index (χ3n) is 2.66. The van der Waals surface area contributed by atoms with Gasteiger partial charge in [-0.15, -0.1) is 0 Å². The van der Waals surface area contributed by atoms with Crippen molar-refractivity contribution >= 4 is 43.7 Å². The SMILES string of the molecule is CC(=O)c1cc2ccccc2c(I=O)c1C(=O)O. The van der Waals surface area contributed by atoms with Gasteiger partial charge in [-0.3, -0.25) is 7.86 Å². The summed E-state index contributed by atoms with van der Waals surface area (Å²) in [6, 6.07) is 8.59. The molecule has 0 radical (unpaired) electrons. The Morgan fingerprint density at radius 1 is 1.22 bits per heavy atom. The number of carbonyl (C=O) groups is 2. The number of benzene rings is 2. The summed E-state index contributed by atoms with van der Waals surface area (Å²) in [4.78, 5) is 22.8. The van der Waals surface area contributed by atoms with Crippen LogP contribution in [0.3, 0.4) is 0 Å². The van der Waals surface area contributed by atoms with Crippen molar-refractivity contribution in [1.29, 1.82) is 0 Å². The normalized spacial score (nSPS) is 10.5. The highest BCUT2D eigenvalue weighted by atomic mass is 127. The molecule has 18 heavy (non-hydrogen) atoms. The minimum atomic E-state index is -1.67. The fourth-order valence-electron chi connectivity index (χ4n) is 1.87. The first kappa shape index (κ1) is 12.8. The number of halogens is 1. The quantitative estimate of drug-likeness (QED) is 0.677. The number of fused-ring (bicyclic) bond motifs is 1.